The number of alkyl halides is 2. The molecule has 166 valence electrons. The van der Waals surface area contributed by atoms with Gasteiger partial charge >= 0.3 is 6.61 Å². The third-order valence-electron chi connectivity index (χ3n) is 5.14. The number of hydrogen-bond acceptors (Lipinski definition) is 4. The van der Waals surface area contributed by atoms with Crippen molar-refractivity contribution in [1.29, 1.82) is 0 Å². The van der Waals surface area contributed by atoms with Crippen LogP contribution in [0.2, 0.25) is 0 Å². The van der Waals surface area contributed by atoms with E-state index in [1.165, 1.54) is 6.07 Å². The van der Waals surface area contributed by atoms with E-state index in [-0.39, 0.29) is 36.5 Å². The van der Waals surface area contributed by atoms with Gasteiger partial charge in [0.25, 0.3) is 5.91 Å². The van der Waals surface area contributed by atoms with Crippen LogP contribution in [0.4, 0.5) is 8.78 Å². The van der Waals surface area contributed by atoms with Crippen molar-refractivity contribution in [2.45, 2.75) is 39.0 Å². The van der Waals surface area contributed by atoms with Gasteiger partial charge in [0.15, 0.2) is 11.5 Å². The highest BCUT2D eigenvalue weighted by atomic mass is 19.3. The molecular formula is C23H26F2N2O4. The molecule has 2 amide bonds. The fourth-order valence-corrected chi connectivity index (χ4v) is 3.73. The predicted molar refractivity (Wildman–Crippen MR) is 111 cm³/mol. The summed E-state index contributed by atoms with van der Waals surface area (Å²) in [5.74, 6) is -0.169. The van der Waals surface area contributed by atoms with Gasteiger partial charge in [-0.1, -0.05) is 24.3 Å². The monoisotopic (exact) mass is 432 g/mol. The summed E-state index contributed by atoms with van der Waals surface area (Å²) in [6, 6.07) is 13.0. The van der Waals surface area contributed by atoms with Crippen molar-refractivity contribution in [1.82, 2.24) is 9.80 Å². The Labute approximate surface area is 180 Å². The van der Waals surface area contributed by atoms with Gasteiger partial charge in [-0.3, -0.25) is 9.59 Å². The van der Waals surface area contributed by atoms with Crippen LogP contribution in [0.1, 0.15) is 35.7 Å². The Morgan fingerprint density at radius 2 is 1.90 bits per heavy atom. The Hall–Kier alpha value is -3.16. The summed E-state index contributed by atoms with van der Waals surface area (Å²) < 4.78 is 35.1. The Balaban J connectivity index is 1.71. The topological polar surface area (TPSA) is 59.1 Å². The molecular weight excluding hydrogens is 406 g/mol. The number of benzene rings is 2. The molecule has 0 saturated carbocycles. The molecule has 1 saturated heterocycles. The smallest absolute Gasteiger partial charge is 0.387 e. The van der Waals surface area contributed by atoms with Crippen molar-refractivity contribution < 1.29 is 27.8 Å². The molecule has 0 aliphatic carbocycles. The van der Waals surface area contributed by atoms with Gasteiger partial charge in [-0.15, -0.1) is 0 Å². The molecule has 3 rings (SSSR count). The summed E-state index contributed by atoms with van der Waals surface area (Å²) in [6.45, 7) is -0.141. The highest BCUT2D eigenvalue weighted by Crippen LogP contribution is 2.30. The quantitative estimate of drug-likeness (QED) is 0.634. The maximum Gasteiger partial charge on any atom is 0.387 e. The second-order valence-corrected chi connectivity index (χ2v) is 7.31. The van der Waals surface area contributed by atoms with Crippen LogP contribution < -0.4 is 9.47 Å². The summed E-state index contributed by atoms with van der Waals surface area (Å²) in [7, 11) is 1.66. The van der Waals surface area contributed by atoms with Gasteiger partial charge in [-0.05, 0) is 49.6 Å². The number of halogens is 2. The normalized spacial score (nSPS) is 15.8. The van der Waals surface area contributed by atoms with E-state index in [1.54, 1.807) is 60.2 Å². The lowest BCUT2D eigenvalue weighted by Crippen LogP contribution is -2.46. The molecule has 0 aromatic heterocycles. The Morgan fingerprint density at radius 1 is 1.16 bits per heavy atom. The molecule has 0 bridgehead atoms. The number of amides is 2. The molecule has 1 aliphatic rings. The van der Waals surface area contributed by atoms with Gasteiger partial charge in [-0.2, -0.15) is 8.78 Å². The van der Waals surface area contributed by atoms with Crippen LogP contribution in [0.5, 0.6) is 11.5 Å². The molecule has 1 unspecified atom stereocenters. The average Bonchev–Trinajstić information content (AvgIpc) is 3.24. The maximum absolute atomic E-state index is 13.1. The van der Waals surface area contributed by atoms with Crippen LogP contribution >= 0.6 is 0 Å². The first kappa shape index (κ1) is 22.5. The van der Waals surface area contributed by atoms with Gasteiger partial charge in [0.2, 0.25) is 5.91 Å². The zero-order chi connectivity index (χ0) is 22.4. The molecule has 8 heteroatoms. The van der Waals surface area contributed by atoms with E-state index in [2.05, 4.69) is 4.74 Å². The molecule has 1 heterocycles. The van der Waals surface area contributed by atoms with Crippen molar-refractivity contribution in [3.05, 3.63) is 59.7 Å². The van der Waals surface area contributed by atoms with Crippen LogP contribution in [0.15, 0.2) is 48.5 Å². The van der Waals surface area contributed by atoms with Gasteiger partial charge in [-0.25, -0.2) is 0 Å². The molecule has 6 nitrogen and oxygen atoms in total. The molecule has 2 aromatic carbocycles. The summed E-state index contributed by atoms with van der Waals surface area (Å²) in [5, 5.41) is 0. The summed E-state index contributed by atoms with van der Waals surface area (Å²) in [6.07, 6.45) is 1.37. The molecule has 0 N–H and O–H groups in total. The van der Waals surface area contributed by atoms with Crippen molar-refractivity contribution in [2.24, 2.45) is 0 Å². The first-order valence-corrected chi connectivity index (χ1v) is 10.2. The molecule has 1 aliphatic heterocycles. The number of carbonyl (C=O) groups excluding carboxylic acids is 2. The lowest BCUT2D eigenvalue weighted by Gasteiger charge is -2.28. The lowest BCUT2D eigenvalue weighted by molar-refractivity contribution is -0.134. The number of likely N-dealkylation sites (tertiary alicyclic amines) is 1. The molecule has 1 atom stereocenters. The SMILES string of the molecule is CCOc1cc(CN(C)C(=O)C2CCCN2C(=O)c2ccccc2)ccc1OC(F)F. The van der Waals surface area contributed by atoms with Crippen molar-refractivity contribution >= 4 is 11.8 Å². The van der Waals surface area contributed by atoms with E-state index in [0.29, 0.717) is 24.1 Å². The number of hydrogen-bond donors (Lipinski definition) is 0. The predicted octanol–water partition coefficient (Wildman–Crippen LogP) is 3.95. The van der Waals surface area contributed by atoms with Crippen LogP contribution in [-0.4, -0.2) is 54.5 Å². The van der Waals surface area contributed by atoms with E-state index in [4.69, 9.17) is 4.74 Å². The fraction of sp³-hybridized carbons (Fsp3) is 0.391. The van der Waals surface area contributed by atoms with E-state index in [1.807, 2.05) is 6.07 Å². The van der Waals surface area contributed by atoms with Crippen LogP contribution in [0.25, 0.3) is 0 Å². The number of nitrogens with zero attached hydrogens (tertiary/aromatic N) is 2. The van der Waals surface area contributed by atoms with E-state index < -0.39 is 12.7 Å². The van der Waals surface area contributed by atoms with Crippen molar-refractivity contribution in [3.8, 4) is 11.5 Å². The van der Waals surface area contributed by atoms with Gasteiger partial charge in [0.1, 0.15) is 6.04 Å². The first-order chi connectivity index (χ1) is 14.9. The first-order valence-electron chi connectivity index (χ1n) is 10.2. The van der Waals surface area contributed by atoms with Crippen LogP contribution in [0.3, 0.4) is 0 Å². The summed E-state index contributed by atoms with van der Waals surface area (Å²) >= 11 is 0. The average molecular weight is 432 g/mol. The Kier molecular flexibility index (Phi) is 7.44. The standard InChI is InChI=1S/C23H26F2N2O4/c1-3-30-20-14-16(11-12-19(20)31-23(24)25)15-26(2)22(29)18-10-7-13-27(18)21(28)17-8-5-4-6-9-17/h4-6,8-9,11-12,14,18,23H,3,7,10,13,15H2,1-2H3. The third-order valence-corrected chi connectivity index (χ3v) is 5.14. The van der Waals surface area contributed by atoms with Crippen molar-refractivity contribution in [2.75, 3.05) is 20.2 Å². The number of likely N-dealkylation sites (N-methyl/N-ethyl adjacent to an activating group) is 1. The lowest BCUT2D eigenvalue weighted by atomic mass is 10.1. The largest absolute Gasteiger partial charge is 0.490 e. The molecule has 0 radical (unpaired) electrons. The van der Waals surface area contributed by atoms with Crippen molar-refractivity contribution in [3.63, 3.8) is 0 Å². The Bertz CT molecular complexity index is 908. The summed E-state index contributed by atoms with van der Waals surface area (Å²) in [5.41, 5.74) is 1.26. The van der Waals surface area contributed by atoms with Gasteiger partial charge in [0.05, 0.1) is 6.61 Å². The van der Waals surface area contributed by atoms with Crippen LogP contribution in [0, 0.1) is 0 Å². The van der Waals surface area contributed by atoms with Gasteiger partial charge < -0.3 is 19.3 Å². The number of ether oxygens (including phenoxy) is 2. The molecule has 31 heavy (non-hydrogen) atoms. The van der Waals surface area contributed by atoms with E-state index >= 15 is 0 Å². The summed E-state index contributed by atoms with van der Waals surface area (Å²) in [4.78, 5) is 29.1. The van der Waals surface area contributed by atoms with Crippen LogP contribution in [-0.2, 0) is 11.3 Å². The zero-order valence-corrected chi connectivity index (χ0v) is 17.6. The van der Waals surface area contributed by atoms with E-state index in [0.717, 1.165) is 6.42 Å². The minimum atomic E-state index is -2.95. The zero-order valence-electron chi connectivity index (χ0n) is 17.6. The highest BCUT2D eigenvalue weighted by molar-refractivity contribution is 5.97. The number of carbonyl (C=O) groups is 2. The van der Waals surface area contributed by atoms with E-state index in [9.17, 15) is 18.4 Å². The minimum Gasteiger partial charge on any atom is -0.490 e. The third kappa shape index (κ3) is 5.51. The molecule has 0 spiro atoms. The highest BCUT2D eigenvalue weighted by Gasteiger charge is 2.36. The molecule has 2 aromatic rings. The Morgan fingerprint density at radius 3 is 2.58 bits per heavy atom. The minimum absolute atomic E-state index is 0.0509. The number of rotatable bonds is 8. The fourth-order valence-electron chi connectivity index (χ4n) is 3.73. The second kappa shape index (κ2) is 10.2. The second-order valence-electron chi connectivity index (χ2n) is 7.31. The maximum atomic E-state index is 13.1. The van der Waals surface area contributed by atoms with Gasteiger partial charge in [0, 0.05) is 25.7 Å². The molecule has 1 fully saturated rings.